The maximum atomic E-state index is 8.22. The van der Waals surface area contributed by atoms with Crippen LogP contribution in [0, 0.1) is 11.5 Å². The molecule has 1 unspecified atom stereocenters. The van der Waals surface area contributed by atoms with Gasteiger partial charge < -0.3 is 10.1 Å². The topological polar surface area (TPSA) is 45.0 Å². The van der Waals surface area contributed by atoms with Crippen LogP contribution in [-0.4, -0.2) is 12.6 Å². The van der Waals surface area contributed by atoms with Crippen molar-refractivity contribution < 1.29 is 4.74 Å². The van der Waals surface area contributed by atoms with E-state index in [1.54, 1.807) is 0 Å². The Morgan fingerprint density at radius 1 is 1.90 bits per heavy atom. The molecule has 0 fully saturated rings. The van der Waals surface area contributed by atoms with Gasteiger partial charge in [-0.2, -0.15) is 5.26 Å². The molecule has 1 atom stereocenters. The molecule has 0 saturated carbocycles. The quantitative estimate of drug-likeness (QED) is 0.352. The normalized spacial score (nSPS) is 11.2. The molecule has 56 valence electrons. The number of hydrogen-bond acceptors (Lipinski definition) is 3. The first-order valence-electron chi connectivity index (χ1n) is 3.22. The van der Waals surface area contributed by atoms with Crippen molar-refractivity contribution in [1.29, 1.82) is 5.26 Å². The molecule has 0 aliphatic heterocycles. The first kappa shape index (κ1) is 8.83. The van der Waals surface area contributed by atoms with Crippen molar-refractivity contribution in [2.45, 2.75) is 19.4 Å². The van der Waals surface area contributed by atoms with Crippen LogP contribution >= 0.6 is 0 Å². The van der Waals surface area contributed by atoms with Gasteiger partial charge in [0.25, 0.3) is 0 Å². The summed E-state index contributed by atoms with van der Waals surface area (Å²) in [4.78, 5) is 0. The zero-order valence-electron chi connectivity index (χ0n) is 6.13. The number of ether oxygens (including phenoxy) is 1. The summed E-state index contributed by atoms with van der Waals surface area (Å²) in [7, 11) is 0. The molecule has 3 heteroatoms. The van der Waals surface area contributed by atoms with E-state index in [4.69, 9.17) is 10.00 Å². The Kier molecular flexibility index (Phi) is 5.26. The van der Waals surface area contributed by atoms with Gasteiger partial charge in [0.05, 0.1) is 12.3 Å². The van der Waals surface area contributed by atoms with E-state index in [1.165, 1.54) is 6.26 Å². The Morgan fingerprint density at radius 3 is 3.00 bits per heavy atom. The van der Waals surface area contributed by atoms with Gasteiger partial charge in [0, 0.05) is 0 Å². The van der Waals surface area contributed by atoms with E-state index in [-0.39, 0.29) is 6.04 Å². The van der Waals surface area contributed by atoms with Gasteiger partial charge >= 0.3 is 0 Å². The van der Waals surface area contributed by atoms with E-state index in [2.05, 4.69) is 11.9 Å². The minimum atomic E-state index is 0.114. The van der Waals surface area contributed by atoms with Crippen LogP contribution < -0.4 is 5.32 Å². The van der Waals surface area contributed by atoms with E-state index >= 15 is 0 Å². The van der Waals surface area contributed by atoms with Crippen molar-refractivity contribution in [2.24, 2.45) is 0 Å². The first-order valence-corrected chi connectivity index (χ1v) is 3.22. The van der Waals surface area contributed by atoms with Crippen LogP contribution in [0.5, 0.6) is 0 Å². The van der Waals surface area contributed by atoms with Gasteiger partial charge in [-0.15, -0.1) is 0 Å². The summed E-state index contributed by atoms with van der Waals surface area (Å²) in [6.45, 7) is 5.89. The molecule has 0 aliphatic carbocycles. The monoisotopic (exact) mass is 140 g/mol. The summed E-state index contributed by atoms with van der Waals surface area (Å²) in [5.74, 6) is 0. The van der Waals surface area contributed by atoms with Crippen LogP contribution in [-0.2, 0) is 4.74 Å². The lowest BCUT2D eigenvalue weighted by Crippen LogP contribution is -2.28. The highest BCUT2D eigenvalue weighted by Crippen LogP contribution is 1.90. The Labute approximate surface area is 61.3 Å². The molecule has 0 rings (SSSR count). The molecule has 0 aliphatic rings. The van der Waals surface area contributed by atoms with Crippen LogP contribution in [0.4, 0.5) is 0 Å². The Hall–Kier alpha value is -1.17. The molecule has 1 N–H and O–H groups in total. The summed E-state index contributed by atoms with van der Waals surface area (Å²) in [5.41, 5.74) is 0. The predicted molar refractivity (Wildman–Crippen MR) is 39.0 cm³/mol. The SMILES string of the molecule is C=COCC(CC)NC#N. The molecular formula is C7H12N2O. The second-order valence-electron chi connectivity index (χ2n) is 1.86. The molecule has 10 heavy (non-hydrogen) atoms. The summed E-state index contributed by atoms with van der Waals surface area (Å²) in [6, 6.07) is 0.114. The van der Waals surface area contributed by atoms with Crippen molar-refractivity contribution in [1.82, 2.24) is 5.32 Å². The number of nitrogens with one attached hydrogen (secondary N) is 1. The zero-order chi connectivity index (χ0) is 7.82. The molecule has 0 bridgehead atoms. The van der Waals surface area contributed by atoms with Crippen LogP contribution in [0.15, 0.2) is 12.8 Å². The third-order valence-corrected chi connectivity index (χ3v) is 1.18. The molecule has 0 saturated heterocycles. The maximum absolute atomic E-state index is 8.22. The summed E-state index contributed by atoms with van der Waals surface area (Å²) in [5, 5.41) is 10.8. The molecule has 0 radical (unpaired) electrons. The lowest BCUT2D eigenvalue weighted by Gasteiger charge is -2.10. The summed E-state index contributed by atoms with van der Waals surface area (Å²) < 4.78 is 4.89. The standard InChI is InChI=1S/C7H12N2O/c1-3-7(9-6-8)5-10-4-2/h4,7,9H,2-3,5H2,1H3. The lowest BCUT2D eigenvalue weighted by molar-refractivity contribution is 0.216. The third kappa shape index (κ3) is 3.79. The predicted octanol–water partition coefficient (Wildman–Crippen LogP) is 0.996. The maximum Gasteiger partial charge on any atom is 0.176 e. The lowest BCUT2D eigenvalue weighted by atomic mass is 10.2. The molecule has 3 nitrogen and oxygen atoms in total. The van der Waals surface area contributed by atoms with Crippen LogP contribution in [0.1, 0.15) is 13.3 Å². The van der Waals surface area contributed by atoms with Gasteiger partial charge in [0.2, 0.25) is 0 Å². The van der Waals surface area contributed by atoms with Gasteiger partial charge in [-0.1, -0.05) is 13.5 Å². The number of nitrogens with zero attached hydrogens (tertiary/aromatic N) is 1. The molecule has 0 aromatic carbocycles. The summed E-state index contributed by atoms with van der Waals surface area (Å²) in [6.07, 6.45) is 4.12. The van der Waals surface area contributed by atoms with E-state index in [1.807, 2.05) is 13.1 Å². The van der Waals surface area contributed by atoms with Gasteiger partial charge in [0.15, 0.2) is 6.19 Å². The van der Waals surface area contributed by atoms with Gasteiger partial charge in [-0.05, 0) is 6.42 Å². The fraction of sp³-hybridized carbons (Fsp3) is 0.571. The fourth-order valence-corrected chi connectivity index (χ4v) is 0.537. The van der Waals surface area contributed by atoms with E-state index in [0.717, 1.165) is 6.42 Å². The van der Waals surface area contributed by atoms with Crippen molar-refractivity contribution in [3.63, 3.8) is 0 Å². The minimum Gasteiger partial charge on any atom is -0.500 e. The second kappa shape index (κ2) is 5.96. The molecule has 0 aromatic heterocycles. The Bertz CT molecular complexity index is 128. The number of hydrogen-bond donors (Lipinski definition) is 1. The van der Waals surface area contributed by atoms with Crippen LogP contribution in [0.2, 0.25) is 0 Å². The Morgan fingerprint density at radius 2 is 2.60 bits per heavy atom. The fourth-order valence-electron chi connectivity index (χ4n) is 0.537. The number of nitriles is 1. The molecule has 0 heterocycles. The average Bonchev–Trinajstić information content (AvgIpc) is 1.98. The molecule has 0 aromatic rings. The molecular weight excluding hydrogens is 128 g/mol. The highest BCUT2D eigenvalue weighted by molar-refractivity contribution is 4.75. The zero-order valence-corrected chi connectivity index (χ0v) is 6.13. The summed E-state index contributed by atoms with van der Waals surface area (Å²) >= 11 is 0. The van der Waals surface area contributed by atoms with Crippen LogP contribution in [0.3, 0.4) is 0 Å². The molecule has 0 amide bonds. The number of rotatable bonds is 5. The van der Waals surface area contributed by atoms with Crippen LogP contribution in [0.25, 0.3) is 0 Å². The molecule has 0 spiro atoms. The third-order valence-electron chi connectivity index (χ3n) is 1.18. The first-order chi connectivity index (χ1) is 4.85. The van der Waals surface area contributed by atoms with Crippen molar-refractivity contribution >= 4 is 0 Å². The van der Waals surface area contributed by atoms with E-state index in [0.29, 0.717) is 6.61 Å². The highest BCUT2D eigenvalue weighted by atomic mass is 16.5. The van der Waals surface area contributed by atoms with Gasteiger partial charge in [-0.3, -0.25) is 0 Å². The van der Waals surface area contributed by atoms with Crippen molar-refractivity contribution in [3.8, 4) is 6.19 Å². The van der Waals surface area contributed by atoms with E-state index in [9.17, 15) is 0 Å². The highest BCUT2D eigenvalue weighted by Gasteiger charge is 2.01. The van der Waals surface area contributed by atoms with Gasteiger partial charge in [0.1, 0.15) is 6.61 Å². The largest absolute Gasteiger partial charge is 0.500 e. The van der Waals surface area contributed by atoms with E-state index < -0.39 is 0 Å². The van der Waals surface area contributed by atoms with Crippen molar-refractivity contribution in [2.75, 3.05) is 6.61 Å². The Balaban J connectivity index is 3.41. The smallest absolute Gasteiger partial charge is 0.176 e. The minimum absolute atomic E-state index is 0.114. The average molecular weight is 140 g/mol. The van der Waals surface area contributed by atoms with Crippen molar-refractivity contribution in [3.05, 3.63) is 12.8 Å². The second-order valence-corrected chi connectivity index (χ2v) is 1.86. The van der Waals surface area contributed by atoms with Gasteiger partial charge in [-0.25, -0.2) is 0 Å².